The molecule has 0 aliphatic rings. The van der Waals surface area contributed by atoms with Gasteiger partial charge in [-0.3, -0.25) is 0 Å². The Bertz CT molecular complexity index is 97.1. The van der Waals surface area contributed by atoms with Crippen LogP contribution in [0.1, 0.15) is 39.5 Å². The summed E-state index contributed by atoms with van der Waals surface area (Å²) in [6.07, 6.45) is 4.66. The third-order valence-corrected chi connectivity index (χ3v) is 3.50. The average Bonchev–Trinajstić information content (AvgIpc) is 2.16. The fourth-order valence-electron chi connectivity index (χ4n) is 1.07. The molecule has 0 amide bonds. The molecule has 0 radical (unpaired) electrons. The molecule has 3 heteroatoms. The van der Waals surface area contributed by atoms with Crippen LogP contribution < -0.4 is 5.32 Å². The van der Waals surface area contributed by atoms with Crippen molar-refractivity contribution >= 4 is 25.3 Å². The zero-order valence-corrected chi connectivity index (χ0v) is 10.6. The Morgan fingerprint density at radius 2 is 1.31 bits per heavy atom. The molecule has 0 rings (SSSR count). The van der Waals surface area contributed by atoms with Crippen molar-refractivity contribution in [3.63, 3.8) is 0 Å². The Morgan fingerprint density at radius 3 is 1.62 bits per heavy atom. The minimum Gasteiger partial charge on any atom is -0.317 e. The van der Waals surface area contributed by atoms with Crippen molar-refractivity contribution in [2.24, 2.45) is 0 Å². The highest BCUT2D eigenvalue weighted by Gasteiger charge is 2.00. The van der Waals surface area contributed by atoms with Gasteiger partial charge in [0.25, 0.3) is 0 Å². The van der Waals surface area contributed by atoms with Gasteiger partial charge in [0.15, 0.2) is 0 Å². The lowest BCUT2D eigenvalue weighted by Gasteiger charge is -2.10. The molecule has 1 nitrogen and oxygen atoms in total. The van der Waals surface area contributed by atoms with Crippen molar-refractivity contribution in [2.75, 3.05) is 13.1 Å². The first-order chi connectivity index (χ1) is 6.20. The van der Waals surface area contributed by atoms with Crippen LogP contribution in [-0.2, 0) is 0 Å². The Morgan fingerprint density at radius 1 is 0.923 bits per heavy atom. The summed E-state index contributed by atoms with van der Waals surface area (Å²) < 4.78 is 0. The fraction of sp³-hybridized carbons (Fsp3) is 1.00. The van der Waals surface area contributed by atoms with Gasteiger partial charge in [-0.15, -0.1) is 0 Å². The second-order valence-electron chi connectivity index (χ2n) is 3.45. The molecule has 0 fully saturated rings. The summed E-state index contributed by atoms with van der Waals surface area (Å²) in [6.45, 7) is 6.54. The first-order valence-corrected chi connectivity index (χ1v) is 6.30. The number of hydrogen-bond acceptors (Lipinski definition) is 3. The standard InChI is InChI=1S/C10H23NS2/c1-3-9(12)5-7-11-8-6-10(13)4-2/h9-13H,3-8H2,1-2H3. The van der Waals surface area contributed by atoms with Gasteiger partial charge in [-0.25, -0.2) is 0 Å². The molecular weight excluding hydrogens is 198 g/mol. The van der Waals surface area contributed by atoms with Gasteiger partial charge >= 0.3 is 0 Å². The third kappa shape index (κ3) is 8.98. The van der Waals surface area contributed by atoms with E-state index in [1.807, 2.05) is 0 Å². The summed E-state index contributed by atoms with van der Waals surface area (Å²) >= 11 is 8.87. The zero-order valence-electron chi connectivity index (χ0n) is 8.79. The first-order valence-electron chi connectivity index (χ1n) is 5.27. The molecule has 2 unspecified atom stereocenters. The Hall–Kier alpha value is 0.660. The van der Waals surface area contributed by atoms with Crippen LogP contribution in [-0.4, -0.2) is 23.6 Å². The predicted molar refractivity (Wildman–Crippen MR) is 68.2 cm³/mol. The fourth-order valence-corrected chi connectivity index (χ4v) is 1.33. The second kappa shape index (κ2) is 9.22. The van der Waals surface area contributed by atoms with Crippen LogP contribution in [0.4, 0.5) is 0 Å². The van der Waals surface area contributed by atoms with Crippen LogP contribution in [0.3, 0.4) is 0 Å². The molecule has 0 aromatic heterocycles. The van der Waals surface area contributed by atoms with Crippen LogP contribution in [0.5, 0.6) is 0 Å². The van der Waals surface area contributed by atoms with Crippen molar-refractivity contribution in [2.45, 2.75) is 50.0 Å². The summed E-state index contributed by atoms with van der Waals surface area (Å²) in [4.78, 5) is 0. The summed E-state index contributed by atoms with van der Waals surface area (Å²) in [6, 6.07) is 0. The smallest absolute Gasteiger partial charge is 0.00262 e. The molecule has 0 heterocycles. The molecule has 0 saturated heterocycles. The summed E-state index contributed by atoms with van der Waals surface area (Å²) in [7, 11) is 0. The highest BCUT2D eigenvalue weighted by molar-refractivity contribution is 7.81. The molecule has 13 heavy (non-hydrogen) atoms. The maximum Gasteiger partial charge on any atom is 0.00262 e. The van der Waals surface area contributed by atoms with E-state index in [1.165, 1.54) is 12.8 Å². The predicted octanol–water partition coefficient (Wildman–Crippen LogP) is 2.77. The van der Waals surface area contributed by atoms with E-state index in [4.69, 9.17) is 0 Å². The maximum atomic E-state index is 4.44. The van der Waals surface area contributed by atoms with E-state index in [0.717, 1.165) is 25.9 Å². The van der Waals surface area contributed by atoms with E-state index in [9.17, 15) is 0 Å². The van der Waals surface area contributed by atoms with E-state index in [-0.39, 0.29) is 0 Å². The molecule has 0 bridgehead atoms. The van der Waals surface area contributed by atoms with Crippen LogP contribution >= 0.6 is 25.3 Å². The molecule has 0 aromatic rings. The normalized spacial score (nSPS) is 15.7. The molecule has 0 saturated carbocycles. The summed E-state index contributed by atoms with van der Waals surface area (Å²) in [5.74, 6) is 0. The summed E-state index contributed by atoms with van der Waals surface area (Å²) in [5, 5.41) is 4.54. The van der Waals surface area contributed by atoms with E-state index in [1.54, 1.807) is 0 Å². The van der Waals surface area contributed by atoms with E-state index < -0.39 is 0 Å². The number of nitrogens with one attached hydrogen (secondary N) is 1. The van der Waals surface area contributed by atoms with Crippen LogP contribution in [0.25, 0.3) is 0 Å². The minimum atomic E-state index is 0.561. The quantitative estimate of drug-likeness (QED) is 0.423. The second-order valence-corrected chi connectivity index (χ2v) is 4.91. The maximum absolute atomic E-state index is 4.44. The zero-order chi connectivity index (χ0) is 10.1. The van der Waals surface area contributed by atoms with Crippen molar-refractivity contribution in [3.8, 4) is 0 Å². The van der Waals surface area contributed by atoms with Gasteiger partial charge < -0.3 is 5.32 Å². The Labute approximate surface area is 93.9 Å². The van der Waals surface area contributed by atoms with Gasteiger partial charge in [0.2, 0.25) is 0 Å². The molecule has 0 aliphatic carbocycles. The van der Waals surface area contributed by atoms with Gasteiger partial charge in [0.05, 0.1) is 0 Å². The lowest BCUT2D eigenvalue weighted by Crippen LogP contribution is -2.21. The van der Waals surface area contributed by atoms with Gasteiger partial charge in [-0.1, -0.05) is 13.8 Å². The Kier molecular flexibility index (Phi) is 9.69. The van der Waals surface area contributed by atoms with E-state index >= 15 is 0 Å². The third-order valence-electron chi connectivity index (χ3n) is 2.25. The number of hydrogen-bond donors (Lipinski definition) is 3. The van der Waals surface area contributed by atoms with E-state index in [0.29, 0.717) is 10.5 Å². The SMILES string of the molecule is CCC(S)CCNCCC(S)CC. The van der Waals surface area contributed by atoms with Gasteiger partial charge in [-0.2, -0.15) is 25.3 Å². The number of rotatable bonds is 8. The average molecular weight is 221 g/mol. The highest BCUT2D eigenvalue weighted by Crippen LogP contribution is 2.05. The first kappa shape index (κ1) is 13.7. The number of thiol groups is 2. The molecule has 80 valence electrons. The molecule has 0 spiro atoms. The molecule has 2 atom stereocenters. The Balaban J connectivity index is 3.08. The van der Waals surface area contributed by atoms with Gasteiger partial charge in [-0.05, 0) is 38.8 Å². The molecule has 1 N–H and O–H groups in total. The lowest BCUT2D eigenvalue weighted by atomic mass is 10.2. The lowest BCUT2D eigenvalue weighted by molar-refractivity contribution is 0.596. The molecular formula is C10H23NS2. The monoisotopic (exact) mass is 221 g/mol. The largest absolute Gasteiger partial charge is 0.317 e. The minimum absolute atomic E-state index is 0.561. The van der Waals surface area contributed by atoms with Crippen LogP contribution in [0, 0.1) is 0 Å². The van der Waals surface area contributed by atoms with E-state index in [2.05, 4.69) is 44.4 Å². The van der Waals surface area contributed by atoms with Crippen molar-refractivity contribution in [3.05, 3.63) is 0 Å². The van der Waals surface area contributed by atoms with Crippen LogP contribution in [0.2, 0.25) is 0 Å². The van der Waals surface area contributed by atoms with Crippen molar-refractivity contribution < 1.29 is 0 Å². The van der Waals surface area contributed by atoms with Crippen molar-refractivity contribution in [1.29, 1.82) is 0 Å². The van der Waals surface area contributed by atoms with Crippen molar-refractivity contribution in [1.82, 2.24) is 5.32 Å². The topological polar surface area (TPSA) is 12.0 Å². The molecule has 0 aliphatic heterocycles. The van der Waals surface area contributed by atoms with Crippen LogP contribution in [0.15, 0.2) is 0 Å². The van der Waals surface area contributed by atoms with Gasteiger partial charge in [0.1, 0.15) is 0 Å². The summed E-state index contributed by atoms with van der Waals surface area (Å²) in [5.41, 5.74) is 0. The van der Waals surface area contributed by atoms with Gasteiger partial charge in [0, 0.05) is 10.5 Å². The molecule has 0 aromatic carbocycles. The highest BCUT2D eigenvalue weighted by atomic mass is 32.1.